The normalized spacial score (nSPS) is 18.3. The molecule has 2 aliphatic heterocycles. The van der Waals surface area contributed by atoms with Gasteiger partial charge in [-0.2, -0.15) is 10.2 Å². The van der Waals surface area contributed by atoms with Gasteiger partial charge < -0.3 is 9.64 Å². The molecular formula is C21H22FN7O2S. The molecule has 2 amide bonds. The molecule has 0 aromatic carbocycles. The smallest absolute Gasteiger partial charge is 0.341 e. The van der Waals surface area contributed by atoms with Crippen LogP contribution in [0.4, 0.5) is 9.18 Å². The maximum Gasteiger partial charge on any atom is 0.341 e. The number of rotatable bonds is 4. The monoisotopic (exact) mass is 455 g/mol. The fourth-order valence-corrected chi connectivity index (χ4v) is 4.80. The molecule has 0 saturated carbocycles. The minimum absolute atomic E-state index is 0.116. The van der Waals surface area contributed by atoms with E-state index in [2.05, 4.69) is 20.2 Å². The van der Waals surface area contributed by atoms with Crippen LogP contribution in [0.3, 0.4) is 0 Å². The van der Waals surface area contributed by atoms with E-state index >= 15 is 0 Å². The van der Waals surface area contributed by atoms with E-state index in [1.165, 1.54) is 5.01 Å². The quantitative estimate of drug-likeness (QED) is 0.602. The van der Waals surface area contributed by atoms with Gasteiger partial charge in [-0.1, -0.05) is 0 Å². The largest absolute Gasteiger partial charge is 0.483 e. The molecule has 5 heterocycles. The lowest BCUT2D eigenvalue weighted by atomic mass is 10.1. The zero-order valence-electron chi connectivity index (χ0n) is 17.9. The van der Waals surface area contributed by atoms with Gasteiger partial charge >= 0.3 is 6.03 Å². The number of amides is 2. The predicted octanol–water partition coefficient (Wildman–Crippen LogP) is 3.31. The molecule has 1 atom stereocenters. The summed E-state index contributed by atoms with van der Waals surface area (Å²) in [5.74, 6) is -0.423. The Balaban J connectivity index is 1.24. The summed E-state index contributed by atoms with van der Waals surface area (Å²) in [6.07, 6.45) is 6.80. The predicted molar refractivity (Wildman–Crippen MR) is 117 cm³/mol. The molecule has 0 spiro atoms. The fourth-order valence-electron chi connectivity index (χ4n) is 3.91. The van der Waals surface area contributed by atoms with Crippen molar-refractivity contribution < 1.29 is 13.9 Å². The Morgan fingerprint density at radius 3 is 2.72 bits per heavy atom. The van der Waals surface area contributed by atoms with Crippen molar-refractivity contribution in [2.75, 3.05) is 13.1 Å². The number of thiazole rings is 1. The van der Waals surface area contributed by atoms with Crippen molar-refractivity contribution in [2.24, 2.45) is 12.1 Å². The van der Waals surface area contributed by atoms with E-state index in [0.29, 0.717) is 25.2 Å². The fraction of sp³-hybridized carbons (Fsp3) is 0.381. The van der Waals surface area contributed by atoms with Gasteiger partial charge in [0.1, 0.15) is 6.10 Å². The molecule has 1 saturated heterocycles. The summed E-state index contributed by atoms with van der Waals surface area (Å²) in [6.45, 7) is 4.58. The molecule has 0 N–H and O–H groups in total. The van der Waals surface area contributed by atoms with Crippen LogP contribution in [0.25, 0.3) is 11.4 Å². The maximum absolute atomic E-state index is 14.4. The molecule has 1 unspecified atom stereocenters. The van der Waals surface area contributed by atoms with Crippen LogP contribution in [0.2, 0.25) is 0 Å². The zero-order valence-corrected chi connectivity index (χ0v) is 18.7. The lowest BCUT2D eigenvalue weighted by molar-refractivity contribution is 0.0258. The van der Waals surface area contributed by atoms with Crippen molar-refractivity contribution in [3.05, 3.63) is 45.9 Å². The van der Waals surface area contributed by atoms with Gasteiger partial charge in [0.2, 0.25) is 0 Å². The number of carbonyl (C=O) groups is 1. The second-order valence-electron chi connectivity index (χ2n) is 7.90. The van der Waals surface area contributed by atoms with Crippen molar-refractivity contribution in [1.82, 2.24) is 29.7 Å². The van der Waals surface area contributed by atoms with Gasteiger partial charge in [-0.3, -0.25) is 9.67 Å². The number of nitrogens with zero attached hydrogens (tertiary/aromatic N) is 7. The summed E-state index contributed by atoms with van der Waals surface area (Å²) in [7, 11) is 1.81. The Kier molecular flexibility index (Phi) is 5.12. The molecule has 0 bridgehead atoms. The number of hydrogen-bond donors (Lipinski definition) is 0. The highest BCUT2D eigenvalue weighted by Crippen LogP contribution is 2.34. The first-order valence-corrected chi connectivity index (χ1v) is 11.1. The summed E-state index contributed by atoms with van der Waals surface area (Å²) < 4.78 is 21.9. The standard InChI is InChI=1S/C21H22FN7O2S/c1-12-7-26-27(3)20(12)16-6-18(15(22)8-24-16)31-14-10-28(11-14)21(30)29-17(4-5-25-29)19-9-23-13(2)32-19/h5-9,14,17H,4,10-11H2,1-3H3. The lowest BCUT2D eigenvalue weighted by Crippen LogP contribution is -2.58. The van der Waals surface area contributed by atoms with Gasteiger partial charge in [-0.25, -0.2) is 19.2 Å². The number of likely N-dealkylation sites (tertiary alicyclic amines) is 1. The third-order valence-electron chi connectivity index (χ3n) is 5.59. The minimum atomic E-state index is -0.539. The number of hydrogen-bond acceptors (Lipinski definition) is 7. The molecule has 32 heavy (non-hydrogen) atoms. The van der Waals surface area contributed by atoms with Gasteiger partial charge in [-0.15, -0.1) is 11.3 Å². The van der Waals surface area contributed by atoms with Crippen molar-refractivity contribution >= 4 is 23.6 Å². The number of urea groups is 1. The van der Waals surface area contributed by atoms with E-state index in [1.807, 2.05) is 20.9 Å². The first kappa shape index (κ1) is 20.6. The Hall–Kier alpha value is -3.34. The molecular weight excluding hydrogens is 433 g/mol. The molecule has 166 valence electrons. The van der Waals surface area contributed by atoms with Crippen LogP contribution in [-0.2, 0) is 7.05 Å². The van der Waals surface area contributed by atoms with Crippen molar-refractivity contribution in [3.8, 4) is 17.1 Å². The number of carbonyl (C=O) groups excluding carboxylic acids is 1. The van der Waals surface area contributed by atoms with Crippen LogP contribution < -0.4 is 4.74 Å². The zero-order chi connectivity index (χ0) is 22.4. The average Bonchev–Trinajstić information content (AvgIpc) is 3.46. The molecule has 11 heteroatoms. The highest BCUT2D eigenvalue weighted by molar-refractivity contribution is 7.11. The highest BCUT2D eigenvalue weighted by atomic mass is 32.1. The third-order valence-corrected chi connectivity index (χ3v) is 6.60. The summed E-state index contributed by atoms with van der Waals surface area (Å²) >= 11 is 1.57. The Bertz CT molecular complexity index is 1180. The number of pyridine rings is 1. The van der Waals surface area contributed by atoms with E-state index in [1.54, 1.807) is 45.6 Å². The van der Waals surface area contributed by atoms with Crippen LogP contribution in [0.1, 0.15) is 27.9 Å². The van der Waals surface area contributed by atoms with E-state index in [0.717, 1.165) is 27.3 Å². The van der Waals surface area contributed by atoms with Crippen LogP contribution in [0, 0.1) is 19.7 Å². The minimum Gasteiger partial charge on any atom is -0.483 e. The lowest BCUT2D eigenvalue weighted by Gasteiger charge is -2.40. The van der Waals surface area contributed by atoms with E-state index < -0.39 is 5.82 Å². The summed E-state index contributed by atoms with van der Waals surface area (Å²) in [5, 5.41) is 10.9. The molecule has 0 aliphatic carbocycles. The number of halogens is 1. The Morgan fingerprint density at radius 1 is 1.22 bits per heavy atom. The molecule has 1 fully saturated rings. The molecule has 2 aliphatic rings. The molecule has 3 aromatic rings. The van der Waals surface area contributed by atoms with Crippen LogP contribution in [0.5, 0.6) is 5.75 Å². The SMILES string of the molecule is Cc1ncc(C2CC=NN2C(=O)N2CC(Oc3cc(-c4c(C)cnn4C)ncc3F)C2)s1. The maximum atomic E-state index is 14.4. The molecule has 5 rings (SSSR count). The number of aryl methyl sites for hydroxylation is 3. The van der Waals surface area contributed by atoms with Gasteiger partial charge in [-0.05, 0) is 19.4 Å². The van der Waals surface area contributed by atoms with Gasteiger partial charge in [0, 0.05) is 36.8 Å². The number of aromatic nitrogens is 4. The third kappa shape index (κ3) is 3.62. The summed E-state index contributed by atoms with van der Waals surface area (Å²) in [4.78, 5) is 24.1. The summed E-state index contributed by atoms with van der Waals surface area (Å²) in [6, 6.07) is 1.27. The van der Waals surface area contributed by atoms with Gasteiger partial charge in [0.05, 0.1) is 47.9 Å². The van der Waals surface area contributed by atoms with Crippen molar-refractivity contribution in [1.29, 1.82) is 0 Å². The first-order valence-electron chi connectivity index (χ1n) is 10.2. The van der Waals surface area contributed by atoms with E-state index in [9.17, 15) is 9.18 Å². The topological polar surface area (TPSA) is 88.7 Å². The van der Waals surface area contributed by atoms with Crippen LogP contribution in [-0.4, -0.2) is 61.1 Å². The average molecular weight is 456 g/mol. The van der Waals surface area contributed by atoms with Gasteiger partial charge in [0.25, 0.3) is 0 Å². The van der Waals surface area contributed by atoms with Crippen molar-refractivity contribution in [2.45, 2.75) is 32.4 Å². The first-order chi connectivity index (χ1) is 15.4. The summed E-state index contributed by atoms with van der Waals surface area (Å²) in [5.41, 5.74) is 2.33. The second kappa shape index (κ2) is 7.97. The molecule has 0 radical (unpaired) electrons. The van der Waals surface area contributed by atoms with E-state index in [-0.39, 0.29) is 23.9 Å². The van der Waals surface area contributed by atoms with Crippen LogP contribution >= 0.6 is 11.3 Å². The van der Waals surface area contributed by atoms with E-state index in [4.69, 9.17) is 4.74 Å². The van der Waals surface area contributed by atoms with Gasteiger partial charge in [0.15, 0.2) is 11.6 Å². The second-order valence-corrected chi connectivity index (χ2v) is 9.17. The van der Waals surface area contributed by atoms with Crippen molar-refractivity contribution in [3.63, 3.8) is 0 Å². The highest BCUT2D eigenvalue weighted by Gasteiger charge is 2.39. The molecule has 3 aromatic heterocycles. The molecule has 9 nitrogen and oxygen atoms in total. The Morgan fingerprint density at radius 2 is 2.03 bits per heavy atom. The Labute approximate surface area is 188 Å². The number of hydrazone groups is 1. The number of ether oxygens (including phenoxy) is 1. The van der Waals surface area contributed by atoms with Crippen LogP contribution in [0.15, 0.2) is 29.8 Å².